The molecule has 0 saturated carbocycles. The maximum absolute atomic E-state index is 12.4. The molecule has 0 atom stereocenters. The summed E-state index contributed by atoms with van der Waals surface area (Å²) < 4.78 is 18.1. The number of amides is 1. The highest BCUT2D eigenvalue weighted by Gasteiger charge is 2.52. The quantitative estimate of drug-likeness (QED) is 0.665. The van der Waals surface area contributed by atoms with Crippen LogP contribution in [0.25, 0.3) is 11.0 Å². The van der Waals surface area contributed by atoms with Crippen LogP contribution in [0.1, 0.15) is 48.5 Å². The summed E-state index contributed by atoms with van der Waals surface area (Å²) in [5, 5.41) is 0. The Hall–Kier alpha value is -2.39. The average Bonchev–Trinajstić information content (AvgIpc) is 2.93. The molecule has 8 nitrogen and oxygen atoms in total. The summed E-state index contributed by atoms with van der Waals surface area (Å²) in [5.74, 6) is 0. The molecule has 0 N–H and O–H groups in total. The number of nitrogens with zero attached hydrogens (tertiary/aromatic N) is 4. The Morgan fingerprint density at radius 1 is 1.00 bits per heavy atom. The molecule has 0 aliphatic carbocycles. The van der Waals surface area contributed by atoms with Gasteiger partial charge in [0.1, 0.15) is 11.1 Å². The molecule has 0 spiro atoms. The van der Waals surface area contributed by atoms with Gasteiger partial charge in [0.2, 0.25) is 0 Å². The van der Waals surface area contributed by atoms with Crippen LogP contribution in [0.3, 0.4) is 0 Å². The van der Waals surface area contributed by atoms with Gasteiger partial charge in [-0.05, 0) is 66.1 Å². The van der Waals surface area contributed by atoms with Crippen LogP contribution in [0.2, 0.25) is 0 Å². The first-order valence-corrected chi connectivity index (χ1v) is 11.2. The summed E-state index contributed by atoms with van der Waals surface area (Å²) in [4.78, 5) is 25.6. The van der Waals surface area contributed by atoms with Crippen molar-refractivity contribution in [2.75, 3.05) is 31.1 Å². The molecule has 2 saturated heterocycles. The van der Waals surface area contributed by atoms with Crippen LogP contribution in [-0.4, -0.2) is 71.1 Å². The third-order valence-electron chi connectivity index (χ3n) is 6.37. The molecule has 2 aromatic rings. The minimum Gasteiger partial charge on any atom is -0.444 e. The number of piperazine rings is 1. The molecule has 172 valence electrons. The van der Waals surface area contributed by atoms with Gasteiger partial charge in [-0.3, -0.25) is 9.97 Å². The van der Waals surface area contributed by atoms with Gasteiger partial charge >= 0.3 is 13.2 Å². The molecule has 4 rings (SSSR count). The summed E-state index contributed by atoms with van der Waals surface area (Å²) in [6.45, 7) is 16.3. The van der Waals surface area contributed by atoms with E-state index in [2.05, 4.69) is 20.9 Å². The Balaban J connectivity index is 1.59. The second-order valence-electron chi connectivity index (χ2n) is 10.5. The van der Waals surface area contributed by atoms with E-state index in [-0.39, 0.29) is 6.09 Å². The van der Waals surface area contributed by atoms with Crippen LogP contribution in [0, 0.1) is 0 Å². The van der Waals surface area contributed by atoms with E-state index in [0.29, 0.717) is 26.2 Å². The maximum atomic E-state index is 12.4. The van der Waals surface area contributed by atoms with Gasteiger partial charge < -0.3 is 23.8 Å². The van der Waals surface area contributed by atoms with Gasteiger partial charge in [0.15, 0.2) is 0 Å². The topological polar surface area (TPSA) is 77.0 Å². The van der Waals surface area contributed by atoms with E-state index in [4.69, 9.17) is 14.0 Å². The van der Waals surface area contributed by atoms with Crippen molar-refractivity contribution in [3.63, 3.8) is 0 Å². The minimum atomic E-state index is -0.503. The summed E-state index contributed by atoms with van der Waals surface area (Å²) in [6, 6.07) is 4.08. The molecule has 2 aliphatic rings. The number of benzene rings is 1. The lowest BCUT2D eigenvalue weighted by Gasteiger charge is -2.37. The zero-order chi connectivity index (χ0) is 23.3. The van der Waals surface area contributed by atoms with Gasteiger partial charge in [-0.2, -0.15) is 0 Å². The van der Waals surface area contributed by atoms with E-state index in [1.165, 1.54) is 0 Å². The van der Waals surface area contributed by atoms with Crippen LogP contribution in [0.5, 0.6) is 0 Å². The maximum Gasteiger partial charge on any atom is 0.494 e. The fourth-order valence-electron chi connectivity index (χ4n) is 3.89. The number of carbonyl (C=O) groups is 1. The number of anilines is 1. The zero-order valence-corrected chi connectivity index (χ0v) is 20.1. The third-order valence-corrected chi connectivity index (χ3v) is 6.37. The summed E-state index contributed by atoms with van der Waals surface area (Å²) >= 11 is 0. The summed E-state index contributed by atoms with van der Waals surface area (Å²) in [7, 11) is -0.479. The molecule has 1 amide bonds. The molecule has 0 bridgehead atoms. The number of fused-ring (bicyclic) bond motifs is 1. The Kier molecular flexibility index (Phi) is 5.62. The molecule has 1 aromatic carbocycles. The van der Waals surface area contributed by atoms with Gasteiger partial charge in [0.05, 0.1) is 22.4 Å². The second kappa shape index (κ2) is 7.88. The zero-order valence-electron chi connectivity index (χ0n) is 20.1. The van der Waals surface area contributed by atoms with Crippen molar-refractivity contribution in [2.24, 2.45) is 0 Å². The van der Waals surface area contributed by atoms with Crippen LogP contribution in [-0.2, 0) is 14.0 Å². The van der Waals surface area contributed by atoms with Gasteiger partial charge in [-0.1, -0.05) is 0 Å². The molecule has 0 unspecified atom stereocenters. The normalized spacial score (nSPS) is 20.7. The lowest BCUT2D eigenvalue weighted by atomic mass is 9.78. The number of hydrogen-bond acceptors (Lipinski definition) is 7. The first kappa shape index (κ1) is 22.8. The standard InChI is InChI=1S/C23H33BN4O4/c1-21(2,3)30-20(29)28-12-10-27(11-13-28)18-15-16(14-17-19(18)26-9-8-25-17)24-31-22(4,5)23(6,7)32-24/h8-9,14-15H,10-13H2,1-7H3. The van der Waals surface area contributed by atoms with E-state index < -0.39 is 23.9 Å². The first-order valence-electron chi connectivity index (χ1n) is 11.2. The smallest absolute Gasteiger partial charge is 0.444 e. The molecule has 3 heterocycles. The second-order valence-corrected chi connectivity index (χ2v) is 10.5. The van der Waals surface area contributed by atoms with E-state index in [0.717, 1.165) is 22.2 Å². The Morgan fingerprint density at radius 3 is 2.19 bits per heavy atom. The highest BCUT2D eigenvalue weighted by atomic mass is 16.7. The largest absolute Gasteiger partial charge is 0.494 e. The van der Waals surface area contributed by atoms with Crippen molar-refractivity contribution in [1.29, 1.82) is 0 Å². The van der Waals surface area contributed by atoms with Crippen LogP contribution in [0.15, 0.2) is 24.5 Å². The monoisotopic (exact) mass is 440 g/mol. The van der Waals surface area contributed by atoms with Crippen molar-refractivity contribution < 1.29 is 18.8 Å². The van der Waals surface area contributed by atoms with E-state index in [9.17, 15) is 4.79 Å². The number of aromatic nitrogens is 2. The van der Waals surface area contributed by atoms with Crippen molar-refractivity contribution in [3.8, 4) is 0 Å². The number of carbonyl (C=O) groups excluding carboxylic acids is 1. The number of ether oxygens (including phenoxy) is 1. The lowest BCUT2D eigenvalue weighted by molar-refractivity contribution is 0.00578. The van der Waals surface area contributed by atoms with E-state index in [1.54, 1.807) is 17.3 Å². The molecular weight excluding hydrogens is 407 g/mol. The van der Waals surface area contributed by atoms with Gasteiger partial charge in [-0.25, -0.2) is 4.79 Å². The van der Waals surface area contributed by atoms with Gasteiger partial charge in [0.25, 0.3) is 0 Å². The third kappa shape index (κ3) is 4.41. The highest BCUT2D eigenvalue weighted by molar-refractivity contribution is 6.62. The predicted octanol–water partition coefficient (Wildman–Crippen LogP) is 2.99. The van der Waals surface area contributed by atoms with Crippen molar-refractivity contribution >= 4 is 35.4 Å². The first-order chi connectivity index (χ1) is 14.9. The summed E-state index contributed by atoms with van der Waals surface area (Å²) in [5.41, 5.74) is 2.17. The van der Waals surface area contributed by atoms with Gasteiger partial charge in [0, 0.05) is 38.6 Å². The predicted molar refractivity (Wildman–Crippen MR) is 125 cm³/mol. The van der Waals surface area contributed by atoms with Crippen LogP contribution in [0.4, 0.5) is 10.5 Å². The van der Waals surface area contributed by atoms with Crippen molar-refractivity contribution in [2.45, 2.75) is 65.3 Å². The Morgan fingerprint density at radius 2 is 1.59 bits per heavy atom. The SMILES string of the molecule is CC(C)(C)OC(=O)N1CCN(c2cc(B3OC(C)(C)C(C)(C)O3)cc3nccnc23)CC1. The molecule has 32 heavy (non-hydrogen) atoms. The molecular formula is C23H33BN4O4. The average molecular weight is 440 g/mol. The van der Waals surface area contributed by atoms with Crippen LogP contribution < -0.4 is 10.4 Å². The highest BCUT2D eigenvalue weighted by Crippen LogP contribution is 2.37. The summed E-state index contributed by atoms with van der Waals surface area (Å²) in [6.07, 6.45) is 3.13. The molecule has 9 heteroatoms. The van der Waals surface area contributed by atoms with E-state index in [1.807, 2.05) is 54.5 Å². The fourth-order valence-corrected chi connectivity index (χ4v) is 3.89. The Bertz CT molecular complexity index is 997. The Labute approximate surface area is 190 Å². The number of hydrogen-bond donors (Lipinski definition) is 0. The molecule has 1 aromatic heterocycles. The van der Waals surface area contributed by atoms with E-state index >= 15 is 0 Å². The van der Waals surface area contributed by atoms with Crippen LogP contribution >= 0.6 is 0 Å². The molecule has 2 fully saturated rings. The minimum absolute atomic E-state index is 0.271. The van der Waals surface area contributed by atoms with Crippen molar-refractivity contribution in [3.05, 3.63) is 24.5 Å². The van der Waals surface area contributed by atoms with Gasteiger partial charge in [-0.15, -0.1) is 0 Å². The van der Waals surface area contributed by atoms with Crippen molar-refractivity contribution in [1.82, 2.24) is 14.9 Å². The lowest BCUT2D eigenvalue weighted by Crippen LogP contribution is -2.50. The molecule has 2 aliphatic heterocycles. The fraction of sp³-hybridized carbons (Fsp3) is 0.609. The molecule has 0 radical (unpaired) electrons. The number of rotatable bonds is 2.